The SMILES string of the molecule is COc1ccc(C(C)Cl)nc1OC. The van der Waals surface area contributed by atoms with Crippen LogP contribution in [0.2, 0.25) is 0 Å². The van der Waals surface area contributed by atoms with Crippen LogP contribution in [0.3, 0.4) is 0 Å². The van der Waals surface area contributed by atoms with Gasteiger partial charge in [0.1, 0.15) is 0 Å². The van der Waals surface area contributed by atoms with Crippen molar-refractivity contribution in [2.75, 3.05) is 14.2 Å². The first-order valence-corrected chi connectivity index (χ1v) is 4.35. The molecule has 4 heteroatoms. The molecule has 0 saturated heterocycles. The van der Waals surface area contributed by atoms with Crippen molar-refractivity contribution in [1.82, 2.24) is 4.98 Å². The van der Waals surface area contributed by atoms with E-state index in [2.05, 4.69) is 4.98 Å². The zero-order valence-electron chi connectivity index (χ0n) is 7.87. The highest BCUT2D eigenvalue weighted by Gasteiger charge is 2.09. The Morgan fingerprint density at radius 2 is 2.00 bits per heavy atom. The van der Waals surface area contributed by atoms with Crippen molar-refractivity contribution in [2.45, 2.75) is 12.3 Å². The Balaban J connectivity index is 3.05. The third-order valence-electron chi connectivity index (χ3n) is 1.67. The van der Waals surface area contributed by atoms with Gasteiger partial charge in [-0.25, -0.2) is 4.98 Å². The zero-order chi connectivity index (χ0) is 9.84. The normalized spacial score (nSPS) is 12.3. The molecule has 0 aliphatic carbocycles. The summed E-state index contributed by atoms with van der Waals surface area (Å²) in [5.74, 6) is 1.08. The predicted molar refractivity (Wildman–Crippen MR) is 51.6 cm³/mol. The maximum atomic E-state index is 5.87. The second-order valence-electron chi connectivity index (χ2n) is 2.56. The first-order valence-electron chi connectivity index (χ1n) is 3.92. The fraction of sp³-hybridized carbons (Fsp3) is 0.444. The number of aromatic nitrogens is 1. The first kappa shape index (κ1) is 10.1. The lowest BCUT2D eigenvalue weighted by Gasteiger charge is -2.08. The van der Waals surface area contributed by atoms with Crippen molar-refractivity contribution >= 4 is 11.6 Å². The lowest BCUT2D eigenvalue weighted by molar-refractivity contribution is 0.342. The summed E-state index contributed by atoms with van der Waals surface area (Å²) in [5.41, 5.74) is 0.777. The van der Waals surface area contributed by atoms with E-state index in [1.807, 2.05) is 13.0 Å². The summed E-state index contributed by atoms with van der Waals surface area (Å²) >= 11 is 5.87. The molecule has 13 heavy (non-hydrogen) atoms. The maximum Gasteiger partial charge on any atom is 0.257 e. The molecule has 1 unspecified atom stereocenters. The average molecular weight is 202 g/mol. The van der Waals surface area contributed by atoms with Gasteiger partial charge in [-0.1, -0.05) is 0 Å². The predicted octanol–water partition coefficient (Wildman–Crippen LogP) is 2.40. The molecule has 0 N–H and O–H groups in total. The largest absolute Gasteiger partial charge is 0.491 e. The van der Waals surface area contributed by atoms with Gasteiger partial charge >= 0.3 is 0 Å². The molecule has 1 rings (SSSR count). The van der Waals surface area contributed by atoms with Gasteiger partial charge in [-0.05, 0) is 19.1 Å². The molecule has 1 heterocycles. The van der Waals surface area contributed by atoms with Crippen molar-refractivity contribution in [1.29, 1.82) is 0 Å². The van der Waals surface area contributed by atoms with E-state index in [9.17, 15) is 0 Å². The quantitative estimate of drug-likeness (QED) is 0.704. The fourth-order valence-corrected chi connectivity index (χ4v) is 1.09. The van der Waals surface area contributed by atoms with E-state index in [4.69, 9.17) is 21.1 Å². The number of halogens is 1. The number of alkyl halides is 1. The minimum atomic E-state index is -0.125. The average Bonchev–Trinajstić information content (AvgIpc) is 2.16. The minimum absolute atomic E-state index is 0.125. The summed E-state index contributed by atoms with van der Waals surface area (Å²) < 4.78 is 10.1. The van der Waals surface area contributed by atoms with Gasteiger partial charge in [0.2, 0.25) is 0 Å². The molecule has 0 bridgehead atoms. The lowest BCUT2D eigenvalue weighted by atomic mass is 10.3. The van der Waals surface area contributed by atoms with Crippen LogP contribution in [0.25, 0.3) is 0 Å². The van der Waals surface area contributed by atoms with Crippen LogP contribution in [-0.2, 0) is 0 Å². The van der Waals surface area contributed by atoms with Crippen LogP contribution in [0.4, 0.5) is 0 Å². The van der Waals surface area contributed by atoms with Gasteiger partial charge < -0.3 is 9.47 Å². The monoisotopic (exact) mass is 201 g/mol. The van der Waals surface area contributed by atoms with Gasteiger partial charge in [-0.15, -0.1) is 11.6 Å². The van der Waals surface area contributed by atoms with Crippen LogP contribution in [-0.4, -0.2) is 19.2 Å². The van der Waals surface area contributed by atoms with E-state index in [0.29, 0.717) is 11.6 Å². The molecular formula is C9H12ClNO2. The van der Waals surface area contributed by atoms with Crippen molar-refractivity contribution in [3.8, 4) is 11.6 Å². The zero-order valence-corrected chi connectivity index (χ0v) is 8.63. The molecule has 0 aliphatic heterocycles. The molecule has 1 atom stereocenters. The Hall–Kier alpha value is -0.960. The molecule has 0 saturated carbocycles. The molecule has 0 fully saturated rings. The van der Waals surface area contributed by atoms with Crippen molar-refractivity contribution in [2.24, 2.45) is 0 Å². The standard InChI is InChI=1S/C9H12ClNO2/c1-6(10)7-4-5-8(12-2)9(11-7)13-3/h4-6H,1-3H3. The molecule has 0 aliphatic rings. The van der Waals surface area contributed by atoms with Crippen molar-refractivity contribution in [3.63, 3.8) is 0 Å². The number of nitrogens with zero attached hydrogens (tertiary/aromatic N) is 1. The number of hydrogen-bond acceptors (Lipinski definition) is 3. The Kier molecular flexibility index (Phi) is 3.37. The van der Waals surface area contributed by atoms with Crippen LogP contribution < -0.4 is 9.47 Å². The third kappa shape index (κ3) is 2.25. The number of pyridine rings is 1. The van der Waals surface area contributed by atoms with E-state index in [-0.39, 0.29) is 5.38 Å². The van der Waals surface area contributed by atoms with E-state index >= 15 is 0 Å². The summed E-state index contributed by atoms with van der Waals surface area (Å²) in [4.78, 5) is 4.18. The summed E-state index contributed by atoms with van der Waals surface area (Å²) in [6, 6.07) is 3.61. The number of ether oxygens (including phenoxy) is 2. The van der Waals surface area contributed by atoms with E-state index in [0.717, 1.165) is 5.69 Å². The van der Waals surface area contributed by atoms with Crippen molar-refractivity contribution in [3.05, 3.63) is 17.8 Å². The molecule has 0 aromatic carbocycles. The van der Waals surface area contributed by atoms with E-state index < -0.39 is 0 Å². The van der Waals surface area contributed by atoms with Gasteiger partial charge in [0.15, 0.2) is 5.75 Å². The van der Waals surface area contributed by atoms with Gasteiger partial charge in [-0.2, -0.15) is 0 Å². The Bertz CT molecular complexity index is 289. The number of rotatable bonds is 3. The number of methoxy groups -OCH3 is 2. The summed E-state index contributed by atoms with van der Waals surface area (Å²) in [6.45, 7) is 1.86. The second kappa shape index (κ2) is 4.33. The number of hydrogen-bond donors (Lipinski definition) is 0. The Labute approximate surface area is 82.6 Å². The van der Waals surface area contributed by atoms with Crippen LogP contribution in [0.5, 0.6) is 11.6 Å². The molecule has 0 radical (unpaired) electrons. The van der Waals surface area contributed by atoms with Gasteiger partial charge in [0.05, 0.1) is 25.3 Å². The van der Waals surface area contributed by atoms with Gasteiger partial charge in [-0.3, -0.25) is 0 Å². The first-order chi connectivity index (χ1) is 6.19. The summed E-state index contributed by atoms with van der Waals surface area (Å²) in [5, 5.41) is -0.125. The highest BCUT2D eigenvalue weighted by molar-refractivity contribution is 6.20. The Morgan fingerprint density at radius 3 is 2.46 bits per heavy atom. The smallest absolute Gasteiger partial charge is 0.257 e. The minimum Gasteiger partial charge on any atom is -0.491 e. The molecule has 3 nitrogen and oxygen atoms in total. The third-order valence-corrected chi connectivity index (χ3v) is 1.89. The molecule has 1 aromatic rings. The van der Waals surface area contributed by atoms with Gasteiger partial charge in [0, 0.05) is 0 Å². The van der Waals surface area contributed by atoms with E-state index in [1.165, 1.54) is 0 Å². The second-order valence-corrected chi connectivity index (χ2v) is 3.22. The van der Waals surface area contributed by atoms with Crippen LogP contribution in [0.1, 0.15) is 18.0 Å². The summed E-state index contributed by atoms with van der Waals surface area (Å²) in [6.07, 6.45) is 0. The van der Waals surface area contributed by atoms with Gasteiger partial charge in [0.25, 0.3) is 5.88 Å². The van der Waals surface area contributed by atoms with Crippen molar-refractivity contribution < 1.29 is 9.47 Å². The lowest BCUT2D eigenvalue weighted by Crippen LogP contribution is -1.97. The summed E-state index contributed by atoms with van der Waals surface area (Å²) in [7, 11) is 3.12. The van der Waals surface area contributed by atoms with Crippen LogP contribution in [0, 0.1) is 0 Å². The highest BCUT2D eigenvalue weighted by Crippen LogP contribution is 2.27. The topological polar surface area (TPSA) is 31.4 Å². The maximum absolute atomic E-state index is 5.87. The fourth-order valence-electron chi connectivity index (χ4n) is 0.965. The van der Waals surface area contributed by atoms with E-state index in [1.54, 1.807) is 20.3 Å². The molecule has 72 valence electrons. The molecule has 1 aromatic heterocycles. The molecular weight excluding hydrogens is 190 g/mol. The highest BCUT2D eigenvalue weighted by atomic mass is 35.5. The van der Waals surface area contributed by atoms with Crippen LogP contribution >= 0.6 is 11.6 Å². The molecule has 0 amide bonds. The molecule has 0 spiro atoms. The van der Waals surface area contributed by atoms with Crippen LogP contribution in [0.15, 0.2) is 12.1 Å². The Morgan fingerprint density at radius 1 is 1.31 bits per heavy atom.